The highest BCUT2D eigenvalue weighted by Crippen LogP contribution is 2.29. The maximum atomic E-state index is 10.7. The van der Waals surface area contributed by atoms with E-state index in [2.05, 4.69) is 34.7 Å². The molecule has 0 unspecified atom stereocenters. The Bertz CT molecular complexity index is 473. The second-order valence-corrected chi connectivity index (χ2v) is 5.06. The van der Waals surface area contributed by atoms with Gasteiger partial charge in [-0.05, 0) is 47.2 Å². The van der Waals surface area contributed by atoms with Gasteiger partial charge in [-0.2, -0.15) is 0 Å². The minimum Gasteiger partial charge on any atom is -0.298 e. The van der Waals surface area contributed by atoms with Crippen LogP contribution in [0.3, 0.4) is 0 Å². The lowest BCUT2D eigenvalue weighted by atomic mass is 10.1. The summed E-state index contributed by atoms with van der Waals surface area (Å²) in [5.74, 6) is 0. The molecule has 0 N–H and O–H groups in total. The second-order valence-electron chi connectivity index (χ2n) is 2.90. The molecule has 0 saturated heterocycles. The van der Waals surface area contributed by atoms with Gasteiger partial charge in [-0.3, -0.25) is 4.79 Å². The van der Waals surface area contributed by atoms with Crippen molar-refractivity contribution in [1.82, 2.24) is 0 Å². The maximum Gasteiger partial charge on any atom is 0.151 e. The number of hydrogen-bond acceptors (Lipinski definition) is 2. The van der Waals surface area contributed by atoms with Crippen molar-refractivity contribution >= 4 is 50.3 Å². The van der Waals surface area contributed by atoms with E-state index in [4.69, 9.17) is 0 Å². The number of carbonyl (C=O) groups is 1. The molecule has 0 bridgehead atoms. The van der Waals surface area contributed by atoms with Gasteiger partial charge < -0.3 is 0 Å². The largest absolute Gasteiger partial charge is 0.298 e. The third-order valence-corrected chi connectivity index (χ3v) is 3.56. The topological polar surface area (TPSA) is 17.1 Å². The normalized spacial score (nSPS) is 10.6. The average molecular weight is 302 g/mol. The molecule has 0 amide bonds. The van der Waals surface area contributed by atoms with E-state index in [1.54, 1.807) is 11.3 Å². The van der Waals surface area contributed by atoms with E-state index in [-0.39, 0.29) is 0 Å². The molecule has 0 aliphatic carbocycles. The summed E-state index contributed by atoms with van der Waals surface area (Å²) in [6, 6.07) is 4.21. The first-order valence-corrected chi connectivity index (χ1v) is 5.80. The Morgan fingerprint density at radius 1 is 1.46 bits per heavy atom. The molecule has 2 aromatic rings. The van der Waals surface area contributed by atoms with Gasteiger partial charge in [0.2, 0.25) is 0 Å². The van der Waals surface area contributed by atoms with Gasteiger partial charge in [-0.1, -0.05) is 0 Å². The molecule has 0 atom stereocenters. The maximum absolute atomic E-state index is 10.7. The van der Waals surface area contributed by atoms with Gasteiger partial charge in [0, 0.05) is 24.6 Å². The van der Waals surface area contributed by atoms with Crippen LogP contribution in [-0.2, 0) is 0 Å². The van der Waals surface area contributed by atoms with Crippen molar-refractivity contribution in [2.45, 2.75) is 6.92 Å². The third-order valence-electron chi connectivity index (χ3n) is 1.99. The number of thiophene rings is 1. The second kappa shape index (κ2) is 3.38. The summed E-state index contributed by atoms with van der Waals surface area (Å²) in [5.41, 5.74) is 2.00. The molecule has 1 nitrogen and oxygen atoms in total. The summed E-state index contributed by atoms with van der Waals surface area (Å²) in [7, 11) is 0. The van der Waals surface area contributed by atoms with Gasteiger partial charge in [0.25, 0.3) is 0 Å². The van der Waals surface area contributed by atoms with E-state index >= 15 is 0 Å². The van der Waals surface area contributed by atoms with Crippen LogP contribution < -0.4 is 0 Å². The minimum absolute atomic E-state index is 0.814. The van der Waals surface area contributed by atoms with E-state index in [1.807, 2.05) is 12.3 Å². The molecular formula is C10H7IOS. The molecular weight excluding hydrogens is 295 g/mol. The zero-order valence-electron chi connectivity index (χ0n) is 7.00. The van der Waals surface area contributed by atoms with E-state index in [1.165, 1.54) is 13.8 Å². The first kappa shape index (κ1) is 9.15. The fourth-order valence-corrected chi connectivity index (χ4v) is 3.46. The molecule has 0 radical (unpaired) electrons. The summed E-state index contributed by atoms with van der Waals surface area (Å²) < 4.78 is 2.42. The lowest BCUT2D eigenvalue weighted by Gasteiger charge is -1.98. The van der Waals surface area contributed by atoms with Crippen molar-refractivity contribution in [3.8, 4) is 0 Å². The van der Waals surface area contributed by atoms with Crippen LogP contribution in [0.1, 0.15) is 15.9 Å². The van der Waals surface area contributed by atoms with Crippen molar-refractivity contribution in [2.24, 2.45) is 0 Å². The van der Waals surface area contributed by atoms with Crippen LogP contribution in [0.4, 0.5) is 0 Å². The molecule has 0 spiro atoms. The monoisotopic (exact) mass is 302 g/mol. The lowest BCUT2D eigenvalue weighted by molar-refractivity contribution is 0.112. The number of aldehydes is 1. The number of benzene rings is 1. The fraction of sp³-hybridized carbons (Fsp3) is 0.100. The quantitative estimate of drug-likeness (QED) is 0.581. The molecule has 3 heteroatoms. The minimum atomic E-state index is 0.814. The molecule has 0 aliphatic rings. The van der Waals surface area contributed by atoms with E-state index in [0.29, 0.717) is 0 Å². The van der Waals surface area contributed by atoms with E-state index in [0.717, 1.165) is 17.2 Å². The van der Waals surface area contributed by atoms with Gasteiger partial charge in [-0.25, -0.2) is 0 Å². The zero-order chi connectivity index (χ0) is 9.42. The van der Waals surface area contributed by atoms with Gasteiger partial charge in [0.1, 0.15) is 0 Å². The Hall–Kier alpha value is -0.420. The molecule has 13 heavy (non-hydrogen) atoms. The Labute approximate surface area is 93.9 Å². The molecule has 1 aromatic heterocycles. The van der Waals surface area contributed by atoms with Crippen LogP contribution in [0.25, 0.3) is 10.1 Å². The number of hydrogen-bond donors (Lipinski definition) is 0. The Morgan fingerprint density at radius 2 is 2.23 bits per heavy atom. The van der Waals surface area contributed by atoms with Crippen molar-refractivity contribution in [3.05, 3.63) is 32.2 Å². The van der Waals surface area contributed by atoms with Crippen LogP contribution >= 0.6 is 33.9 Å². The van der Waals surface area contributed by atoms with Gasteiger partial charge in [0.05, 0.1) is 0 Å². The standard InChI is InChI=1S/C10H7IOS/c1-6-2-8(11)3-9-10(6)7(4-12)5-13-9/h2-5H,1H3. The number of carbonyl (C=O) groups excluding carboxylic acids is 1. The number of aryl methyl sites for hydroxylation is 1. The molecule has 0 fully saturated rings. The molecule has 66 valence electrons. The summed E-state index contributed by atoms with van der Waals surface area (Å²) in [6.07, 6.45) is 0.929. The Balaban J connectivity index is 2.89. The van der Waals surface area contributed by atoms with Crippen LogP contribution in [0, 0.1) is 10.5 Å². The van der Waals surface area contributed by atoms with Crippen LogP contribution in [0.2, 0.25) is 0 Å². The fourth-order valence-electron chi connectivity index (χ4n) is 1.45. The van der Waals surface area contributed by atoms with Crippen molar-refractivity contribution in [1.29, 1.82) is 0 Å². The number of rotatable bonds is 1. The van der Waals surface area contributed by atoms with Gasteiger partial charge in [0.15, 0.2) is 6.29 Å². The SMILES string of the molecule is Cc1cc(I)cc2scc(C=O)c12. The lowest BCUT2D eigenvalue weighted by Crippen LogP contribution is -1.81. The molecule has 2 rings (SSSR count). The van der Waals surface area contributed by atoms with E-state index in [9.17, 15) is 4.79 Å². The van der Waals surface area contributed by atoms with Crippen molar-refractivity contribution in [2.75, 3.05) is 0 Å². The summed E-state index contributed by atoms with van der Waals surface area (Å²) >= 11 is 3.92. The van der Waals surface area contributed by atoms with Crippen molar-refractivity contribution in [3.63, 3.8) is 0 Å². The highest BCUT2D eigenvalue weighted by Gasteiger charge is 2.06. The Kier molecular flexibility index (Phi) is 2.38. The van der Waals surface area contributed by atoms with E-state index < -0.39 is 0 Å². The van der Waals surface area contributed by atoms with Crippen LogP contribution in [-0.4, -0.2) is 6.29 Å². The first-order valence-electron chi connectivity index (χ1n) is 3.85. The summed E-state index contributed by atoms with van der Waals surface area (Å²) in [6.45, 7) is 2.05. The Morgan fingerprint density at radius 3 is 2.92 bits per heavy atom. The molecule has 0 saturated carbocycles. The highest BCUT2D eigenvalue weighted by molar-refractivity contribution is 14.1. The zero-order valence-corrected chi connectivity index (χ0v) is 9.98. The predicted octanol–water partition coefficient (Wildman–Crippen LogP) is 3.63. The first-order chi connectivity index (χ1) is 6.22. The third kappa shape index (κ3) is 1.50. The smallest absolute Gasteiger partial charge is 0.151 e. The summed E-state index contributed by atoms with van der Waals surface area (Å²) in [5, 5.41) is 3.03. The van der Waals surface area contributed by atoms with Gasteiger partial charge in [-0.15, -0.1) is 11.3 Å². The summed E-state index contributed by atoms with van der Waals surface area (Å²) in [4.78, 5) is 10.7. The molecule has 1 heterocycles. The molecule has 1 aromatic carbocycles. The highest BCUT2D eigenvalue weighted by atomic mass is 127. The van der Waals surface area contributed by atoms with Crippen molar-refractivity contribution < 1.29 is 4.79 Å². The predicted molar refractivity (Wildman–Crippen MR) is 64.7 cm³/mol. The van der Waals surface area contributed by atoms with Crippen LogP contribution in [0.15, 0.2) is 17.5 Å². The number of fused-ring (bicyclic) bond motifs is 1. The average Bonchev–Trinajstić information content (AvgIpc) is 2.47. The van der Waals surface area contributed by atoms with Crippen LogP contribution in [0.5, 0.6) is 0 Å². The number of halogens is 1. The van der Waals surface area contributed by atoms with Gasteiger partial charge >= 0.3 is 0 Å². The molecule has 0 aliphatic heterocycles.